The molecule has 1 fully saturated rings. The van der Waals surface area contributed by atoms with Gasteiger partial charge in [-0.1, -0.05) is 19.1 Å². The molecular formula is C14H20N2O2. The fraction of sp³-hybridized carbons (Fsp3) is 0.500. The lowest BCUT2D eigenvalue weighted by atomic mass is 9.97. The van der Waals surface area contributed by atoms with Gasteiger partial charge in [-0.05, 0) is 30.2 Å². The lowest BCUT2D eigenvalue weighted by Crippen LogP contribution is -2.27. The van der Waals surface area contributed by atoms with E-state index in [2.05, 4.69) is 17.6 Å². The van der Waals surface area contributed by atoms with Crippen molar-refractivity contribution < 1.29 is 9.53 Å². The van der Waals surface area contributed by atoms with Crippen LogP contribution in [-0.4, -0.2) is 26.1 Å². The van der Waals surface area contributed by atoms with E-state index >= 15 is 0 Å². The van der Waals surface area contributed by atoms with Gasteiger partial charge >= 0.3 is 0 Å². The van der Waals surface area contributed by atoms with E-state index < -0.39 is 0 Å². The van der Waals surface area contributed by atoms with Crippen molar-refractivity contribution in [3.8, 4) is 0 Å². The highest BCUT2D eigenvalue weighted by Gasteiger charge is 2.29. The Labute approximate surface area is 108 Å². The van der Waals surface area contributed by atoms with Crippen molar-refractivity contribution in [3.63, 3.8) is 0 Å². The average Bonchev–Trinajstić information content (AvgIpc) is 2.78. The van der Waals surface area contributed by atoms with E-state index in [0.29, 0.717) is 12.5 Å². The summed E-state index contributed by atoms with van der Waals surface area (Å²) < 4.78 is 5.05. The third kappa shape index (κ3) is 3.09. The van der Waals surface area contributed by atoms with Crippen molar-refractivity contribution in [2.45, 2.75) is 13.5 Å². The third-order valence-corrected chi connectivity index (χ3v) is 3.39. The second-order valence-electron chi connectivity index (χ2n) is 4.86. The Kier molecular flexibility index (Phi) is 4.33. The molecule has 2 N–H and O–H groups in total. The zero-order chi connectivity index (χ0) is 13.0. The number of hydrogen-bond donors (Lipinski definition) is 2. The Bertz CT molecular complexity index is 403. The number of amides is 1. The van der Waals surface area contributed by atoms with Crippen LogP contribution in [0, 0.1) is 11.8 Å². The van der Waals surface area contributed by atoms with Gasteiger partial charge < -0.3 is 15.4 Å². The van der Waals surface area contributed by atoms with Crippen LogP contribution >= 0.6 is 0 Å². The van der Waals surface area contributed by atoms with Gasteiger partial charge in [-0.25, -0.2) is 0 Å². The molecule has 0 aromatic heterocycles. The van der Waals surface area contributed by atoms with Crippen LogP contribution in [0.5, 0.6) is 0 Å². The van der Waals surface area contributed by atoms with Crippen molar-refractivity contribution in [1.82, 2.24) is 5.32 Å². The molecule has 4 heteroatoms. The molecule has 0 bridgehead atoms. The van der Waals surface area contributed by atoms with Gasteiger partial charge in [-0.15, -0.1) is 0 Å². The van der Waals surface area contributed by atoms with Gasteiger partial charge in [0.1, 0.15) is 0 Å². The molecule has 1 aromatic rings. The lowest BCUT2D eigenvalue weighted by molar-refractivity contribution is -0.120. The monoisotopic (exact) mass is 248 g/mol. The number of carbonyl (C=O) groups is 1. The summed E-state index contributed by atoms with van der Waals surface area (Å²) in [6, 6.07) is 7.77. The lowest BCUT2D eigenvalue weighted by Gasteiger charge is -2.14. The van der Waals surface area contributed by atoms with Crippen LogP contribution in [0.2, 0.25) is 0 Å². The maximum atomic E-state index is 12.1. The van der Waals surface area contributed by atoms with Gasteiger partial charge in [0.05, 0.1) is 12.5 Å². The normalized spacial score (nSPS) is 23.0. The molecular weight excluding hydrogens is 228 g/mol. The minimum atomic E-state index is 0.0728. The molecule has 1 aliphatic rings. The summed E-state index contributed by atoms with van der Waals surface area (Å²) in [6.45, 7) is 4.39. The molecule has 1 heterocycles. The minimum absolute atomic E-state index is 0.0728. The first-order valence-electron chi connectivity index (χ1n) is 6.30. The predicted octanol–water partition coefficient (Wildman–Crippen LogP) is 1.63. The number of ether oxygens (including phenoxy) is 1. The van der Waals surface area contributed by atoms with Gasteiger partial charge in [0.2, 0.25) is 5.91 Å². The van der Waals surface area contributed by atoms with Crippen LogP contribution in [0.25, 0.3) is 0 Å². The molecule has 2 unspecified atom stereocenters. The Morgan fingerprint density at radius 1 is 1.39 bits per heavy atom. The maximum absolute atomic E-state index is 12.1. The second-order valence-corrected chi connectivity index (χ2v) is 4.86. The van der Waals surface area contributed by atoms with E-state index in [-0.39, 0.29) is 11.8 Å². The summed E-state index contributed by atoms with van der Waals surface area (Å²) >= 11 is 0. The van der Waals surface area contributed by atoms with Crippen LogP contribution in [0.15, 0.2) is 24.3 Å². The molecule has 0 radical (unpaired) electrons. The molecule has 1 saturated heterocycles. The summed E-state index contributed by atoms with van der Waals surface area (Å²) in [7, 11) is 1.67. The van der Waals surface area contributed by atoms with Crippen molar-refractivity contribution in [3.05, 3.63) is 29.8 Å². The van der Waals surface area contributed by atoms with Crippen LogP contribution in [-0.2, 0) is 16.1 Å². The molecule has 98 valence electrons. The number of benzene rings is 1. The highest BCUT2D eigenvalue weighted by molar-refractivity contribution is 5.93. The molecule has 1 aromatic carbocycles. The Morgan fingerprint density at radius 2 is 2.11 bits per heavy atom. The maximum Gasteiger partial charge on any atom is 0.229 e. The standard InChI is InChI=1S/C14H20N2O2/c1-10-7-15-8-13(10)14(17)16-12-5-3-11(4-6-12)9-18-2/h3-6,10,13,15H,7-9H2,1-2H3,(H,16,17). The molecule has 2 rings (SSSR count). The summed E-state index contributed by atoms with van der Waals surface area (Å²) in [5, 5.41) is 6.20. The predicted molar refractivity (Wildman–Crippen MR) is 71.3 cm³/mol. The van der Waals surface area contributed by atoms with E-state index in [0.717, 1.165) is 24.3 Å². The number of hydrogen-bond acceptors (Lipinski definition) is 3. The van der Waals surface area contributed by atoms with Crippen molar-refractivity contribution in [2.24, 2.45) is 11.8 Å². The van der Waals surface area contributed by atoms with Gasteiger partial charge in [0.15, 0.2) is 0 Å². The first-order valence-corrected chi connectivity index (χ1v) is 6.30. The van der Waals surface area contributed by atoms with Gasteiger partial charge in [-0.2, -0.15) is 0 Å². The smallest absolute Gasteiger partial charge is 0.229 e. The molecule has 18 heavy (non-hydrogen) atoms. The van der Waals surface area contributed by atoms with E-state index in [4.69, 9.17) is 4.74 Å². The fourth-order valence-corrected chi connectivity index (χ4v) is 2.25. The number of rotatable bonds is 4. The van der Waals surface area contributed by atoms with Crippen LogP contribution in [0.1, 0.15) is 12.5 Å². The molecule has 0 spiro atoms. The van der Waals surface area contributed by atoms with Crippen LogP contribution < -0.4 is 10.6 Å². The van der Waals surface area contributed by atoms with Crippen LogP contribution in [0.3, 0.4) is 0 Å². The Morgan fingerprint density at radius 3 is 2.67 bits per heavy atom. The molecule has 1 amide bonds. The third-order valence-electron chi connectivity index (χ3n) is 3.39. The largest absolute Gasteiger partial charge is 0.380 e. The summed E-state index contributed by atoms with van der Waals surface area (Å²) in [6.07, 6.45) is 0. The summed E-state index contributed by atoms with van der Waals surface area (Å²) in [5.74, 6) is 0.577. The highest BCUT2D eigenvalue weighted by atomic mass is 16.5. The zero-order valence-electron chi connectivity index (χ0n) is 10.9. The van der Waals surface area contributed by atoms with Gasteiger partial charge in [-0.3, -0.25) is 4.79 Å². The quantitative estimate of drug-likeness (QED) is 0.851. The highest BCUT2D eigenvalue weighted by Crippen LogP contribution is 2.18. The number of methoxy groups -OCH3 is 1. The number of anilines is 1. The number of nitrogens with one attached hydrogen (secondary N) is 2. The van der Waals surface area contributed by atoms with Crippen LogP contribution in [0.4, 0.5) is 5.69 Å². The Balaban J connectivity index is 1.94. The van der Waals surface area contributed by atoms with Gasteiger partial charge in [0, 0.05) is 19.3 Å². The van der Waals surface area contributed by atoms with E-state index in [1.165, 1.54) is 0 Å². The topological polar surface area (TPSA) is 50.4 Å². The van der Waals surface area contributed by atoms with E-state index in [1.54, 1.807) is 7.11 Å². The molecule has 0 aliphatic carbocycles. The van der Waals surface area contributed by atoms with Crippen molar-refractivity contribution in [2.75, 3.05) is 25.5 Å². The first-order chi connectivity index (χ1) is 8.70. The molecule has 1 aliphatic heterocycles. The van der Waals surface area contributed by atoms with E-state index in [1.807, 2.05) is 24.3 Å². The molecule has 2 atom stereocenters. The molecule has 0 saturated carbocycles. The average molecular weight is 248 g/mol. The SMILES string of the molecule is COCc1ccc(NC(=O)C2CNCC2C)cc1. The summed E-state index contributed by atoms with van der Waals surface area (Å²) in [4.78, 5) is 12.1. The zero-order valence-corrected chi connectivity index (χ0v) is 10.9. The second kappa shape index (κ2) is 5.98. The minimum Gasteiger partial charge on any atom is -0.380 e. The van der Waals surface area contributed by atoms with Gasteiger partial charge in [0.25, 0.3) is 0 Å². The van der Waals surface area contributed by atoms with Crippen molar-refractivity contribution in [1.29, 1.82) is 0 Å². The van der Waals surface area contributed by atoms with E-state index in [9.17, 15) is 4.79 Å². The number of carbonyl (C=O) groups excluding carboxylic acids is 1. The summed E-state index contributed by atoms with van der Waals surface area (Å²) in [5.41, 5.74) is 1.95. The Hall–Kier alpha value is -1.39. The van der Waals surface area contributed by atoms with Crippen molar-refractivity contribution >= 4 is 11.6 Å². The molecule has 4 nitrogen and oxygen atoms in total. The first kappa shape index (κ1) is 13.1. The fourth-order valence-electron chi connectivity index (χ4n) is 2.25.